The summed E-state index contributed by atoms with van der Waals surface area (Å²) in [6, 6.07) is 0. The van der Waals surface area contributed by atoms with Gasteiger partial charge in [-0.3, -0.25) is 9.59 Å². The first kappa shape index (κ1) is 11.0. The summed E-state index contributed by atoms with van der Waals surface area (Å²) in [7, 11) is 1.54. The monoisotopic (exact) mass is 201 g/mol. The van der Waals surface area contributed by atoms with Crippen LogP contribution in [0.25, 0.3) is 0 Å². The maximum absolute atomic E-state index is 10.7. The molecule has 1 rings (SSSR count). The number of aliphatic carboxylic acids is 1. The SMILES string of the molecule is COC1(CNC(C)=O)CC(C(=O)O)C1. The summed E-state index contributed by atoms with van der Waals surface area (Å²) in [5.41, 5.74) is -0.464. The van der Waals surface area contributed by atoms with Crippen LogP contribution in [-0.2, 0) is 14.3 Å². The fourth-order valence-electron chi connectivity index (χ4n) is 1.68. The van der Waals surface area contributed by atoms with Gasteiger partial charge >= 0.3 is 5.97 Å². The Morgan fingerprint density at radius 1 is 1.57 bits per heavy atom. The summed E-state index contributed by atoms with van der Waals surface area (Å²) >= 11 is 0. The smallest absolute Gasteiger partial charge is 0.306 e. The number of methoxy groups -OCH3 is 1. The normalized spacial score (nSPS) is 30.6. The van der Waals surface area contributed by atoms with Crippen molar-refractivity contribution < 1.29 is 19.4 Å². The topological polar surface area (TPSA) is 75.6 Å². The second-order valence-corrected chi connectivity index (χ2v) is 3.74. The van der Waals surface area contributed by atoms with Gasteiger partial charge < -0.3 is 15.2 Å². The number of amides is 1. The molecule has 1 aliphatic rings. The van der Waals surface area contributed by atoms with Crippen LogP contribution >= 0.6 is 0 Å². The number of hydrogen-bond donors (Lipinski definition) is 2. The van der Waals surface area contributed by atoms with Gasteiger partial charge in [0.15, 0.2) is 0 Å². The first-order valence-corrected chi connectivity index (χ1v) is 4.51. The number of carboxylic acids is 1. The van der Waals surface area contributed by atoms with E-state index < -0.39 is 11.6 Å². The minimum Gasteiger partial charge on any atom is -0.481 e. The molecule has 0 heterocycles. The van der Waals surface area contributed by atoms with Crippen molar-refractivity contribution in [3.8, 4) is 0 Å². The molecular weight excluding hydrogens is 186 g/mol. The molecule has 0 atom stereocenters. The Kier molecular flexibility index (Phi) is 3.10. The van der Waals surface area contributed by atoms with E-state index in [2.05, 4.69) is 5.32 Å². The molecule has 1 amide bonds. The Bertz CT molecular complexity index is 240. The van der Waals surface area contributed by atoms with Crippen molar-refractivity contribution in [3.05, 3.63) is 0 Å². The van der Waals surface area contributed by atoms with Gasteiger partial charge in [0.25, 0.3) is 0 Å². The Morgan fingerprint density at radius 3 is 2.50 bits per heavy atom. The van der Waals surface area contributed by atoms with E-state index >= 15 is 0 Å². The van der Waals surface area contributed by atoms with Crippen molar-refractivity contribution in [3.63, 3.8) is 0 Å². The molecule has 80 valence electrons. The zero-order valence-electron chi connectivity index (χ0n) is 8.37. The summed E-state index contributed by atoms with van der Waals surface area (Å²) in [6.07, 6.45) is 0.943. The number of hydrogen-bond acceptors (Lipinski definition) is 3. The van der Waals surface area contributed by atoms with Crippen molar-refractivity contribution in [2.24, 2.45) is 5.92 Å². The van der Waals surface area contributed by atoms with E-state index in [4.69, 9.17) is 9.84 Å². The molecule has 0 aliphatic heterocycles. The Morgan fingerprint density at radius 2 is 2.14 bits per heavy atom. The van der Waals surface area contributed by atoms with Crippen LogP contribution in [0.4, 0.5) is 0 Å². The zero-order valence-corrected chi connectivity index (χ0v) is 8.37. The number of carboxylic acid groups (broad SMARTS) is 1. The quantitative estimate of drug-likeness (QED) is 0.671. The van der Waals surface area contributed by atoms with E-state index in [0.717, 1.165) is 0 Å². The van der Waals surface area contributed by atoms with Gasteiger partial charge in [0, 0.05) is 20.6 Å². The maximum atomic E-state index is 10.7. The highest BCUT2D eigenvalue weighted by Crippen LogP contribution is 2.40. The van der Waals surface area contributed by atoms with Gasteiger partial charge in [-0.15, -0.1) is 0 Å². The molecule has 5 nitrogen and oxygen atoms in total. The van der Waals surface area contributed by atoms with E-state index in [0.29, 0.717) is 19.4 Å². The largest absolute Gasteiger partial charge is 0.481 e. The van der Waals surface area contributed by atoms with Gasteiger partial charge in [-0.25, -0.2) is 0 Å². The Labute approximate surface area is 82.4 Å². The summed E-state index contributed by atoms with van der Waals surface area (Å²) in [5, 5.41) is 11.3. The van der Waals surface area contributed by atoms with E-state index in [1.165, 1.54) is 6.92 Å². The van der Waals surface area contributed by atoms with Crippen molar-refractivity contribution in [2.75, 3.05) is 13.7 Å². The number of carbonyl (C=O) groups excluding carboxylic acids is 1. The van der Waals surface area contributed by atoms with Crippen LogP contribution in [0.5, 0.6) is 0 Å². The molecule has 0 aromatic carbocycles. The van der Waals surface area contributed by atoms with Crippen LogP contribution in [-0.4, -0.2) is 36.2 Å². The number of carbonyl (C=O) groups is 2. The maximum Gasteiger partial charge on any atom is 0.306 e. The zero-order chi connectivity index (χ0) is 10.8. The fourth-order valence-corrected chi connectivity index (χ4v) is 1.68. The molecular formula is C9H15NO4. The van der Waals surface area contributed by atoms with Gasteiger partial charge in [-0.1, -0.05) is 0 Å². The van der Waals surface area contributed by atoms with Crippen LogP contribution in [0.15, 0.2) is 0 Å². The van der Waals surface area contributed by atoms with Crippen LogP contribution in [0.1, 0.15) is 19.8 Å². The van der Waals surface area contributed by atoms with Crippen LogP contribution in [0.2, 0.25) is 0 Å². The second-order valence-electron chi connectivity index (χ2n) is 3.74. The average molecular weight is 201 g/mol. The van der Waals surface area contributed by atoms with E-state index in [1.807, 2.05) is 0 Å². The highest BCUT2D eigenvalue weighted by Gasteiger charge is 2.47. The molecule has 0 bridgehead atoms. The fraction of sp³-hybridized carbons (Fsp3) is 0.778. The first-order chi connectivity index (χ1) is 6.49. The van der Waals surface area contributed by atoms with E-state index in [-0.39, 0.29) is 11.8 Å². The van der Waals surface area contributed by atoms with Gasteiger partial charge in [0.05, 0.1) is 11.5 Å². The molecule has 0 saturated heterocycles. The summed E-state index contributed by atoms with van der Waals surface area (Å²) in [6.45, 7) is 1.82. The highest BCUT2D eigenvalue weighted by molar-refractivity contribution is 5.73. The molecule has 0 aromatic rings. The Balaban J connectivity index is 2.40. The second kappa shape index (κ2) is 3.96. The average Bonchev–Trinajstić information content (AvgIpc) is 2.02. The standard InChI is InChI=1S/C9H15NO4/c1-6(11)10-5-9(14-2)3-7(4-9)8(12)13/h7H,3-5H2,1-2H3,(H,10,11)(H,12,13). The van der Waals surface area contributed by atoms with Crippen molar-refractivity contribution in [1.82, 2.24) is 5.32 Å². The molecule has 1 fully saturated rings. The Hall–Kier alpha value is -1.10. The van der Waals surface area contributed by atoms with Gasteiger partial charge in [0.2, 0.25) is 5.91 Å². The van der Waals surface area contributed by atoms with Gasteiger partial charge in [-0.05, 0) is 12.8 Å². The predicted molar refractivity (Wildman–Crippen MR) is 48.8 cm³/mol. The van der Waals surface area contributed by atoms with Crippen LogP contribution in [0, 0.1) is 5.92 Å². The van der Waals surface area contributed by atoms with Crippen molar-refractivity contribution >= 4 is 11.9 Å². The summed E-state index contributed by atoms with van der Waals surface area (Å²) in [4.78, 5) is 21.3. The molecule has 14 heavy (non-hydrogen) atoms. The lowest BCUT2D eigenvalue weighted by Gasteiger charge is -2.44. The molecule has 5 heteroatoms. The van der Waals surface area contributed by atoms with Gasteiger partial charge in [-0.2, -0.15) is 0 Å². The van der Waals surface area contributed by atoms with Crippen molar-refractivity contribution in [2.45, 2.75) is 25.4 Å². The first-order valence-electron chi connectivity index (χ1n) is 4.51. The third-order valence-corrected chi connectivity index (χ3v) is 2.68. The number of rotatable bonds is 4. The van der Waals surface area contributed by atoms with Crippen LogP contribution in [0.3, 0.4) is 0 Å². The lowest BCUT2D eigenvalue weighted by atomic mass is 9.70. The molecule has 2 N–H and O–H groups in total. The highest BCUT2D eigenvalue weighted by atomic mass is 16.5. The molecule has 1 aliphatic carbocycles. The van der Waals surface area contributed by atoms with Crippen LogP contribution < -0.4 is 5.32 Å². The molecule has 0 radical (unpaired) electrons. The lowest BCUT2D eigenvalue weighted by molar-refractivity contribution is -0.162. The number of ether oxygens (including phenoxy) is 1. The minimum atomic E-state index is -0.791. The third kappa shape index (κ3) is 2.23. The molecule has 0 unspecified atom stereocenters. The molecule has 0 spiro atoms. The van der Waals surface area contributed by atoms with Gasteiger partial charge in [0.1, 0.15) is 0 Å². The number of nitrogens with one attached hydrogen (secondary N) is 1. The molecule has 1 saturated carbocycles. The van der Waals surface area contributed by atoms with E-state index in [1.54, 1.807) is 7.11 Å². The third-order valence-electron chi connectivity index (χ3n) is 2.68. The van der Waals surface area contributed by atoms with E-state index in [9.17, 15) is 9.59 Å². The minimum absolute atomic E-state index is 0.125. The predicted octanol–water partition coefficient (Wildman–Crippen LogP) is 0.00230. The summed E-state index contributed by atoms with van der Waals surface area (Å²) < 4.78 is 5.23. The summed E-state index contributed by atoms with van der Waals surface area (Å²) in [5.74, 6) is -1.25. The van der Waals surface area contributed by atoms with Crippen molar-refractivity contribution in [1.29, 1.82) is 0 Å². The molecule has 0 aromatic heterocycles. The lowest BCUT2D eigenvalue weighted by Crippen LogP contribution is -2.55.